The molecule has 4 heterocycles. The van der Waals surface area contributed by atoms with Crippen molar-refractivity contribution in [1.29, 1.82) is 0 Å². The number of aliphatic carboxylic acids is 1. The van der Waals surface area contributed by atoms with Crippen molar-refractivity contribution in [1.82, 2.24) is 15.2 Å². The summed E-state index contributed by atoms with van der Waals surface area (Å²) in [6.07, 6.45) is 2.24. The van der Waals surface area contributed by atoms with Crippen molar-refractivity contribution in [2.75, 3.05) is 45.3 Å². The number of phosphoric acid groups is 1. The van der Waals surface area contributed by atoms with E-state index >= 15 is 0 Å². The Balaban J connectivity index is 0.000000695. The monoisotopic (exact) mass is 578 g/mol. The largest absolute Gasteiger partial charge is 0.756 e. The van der Waals surface area contributed by atoms with Crippen LogP contribution >= 0.6 is 30.9 Å². The van der Waals surface area contributed by atoms with Crippen LogP contribution in [0.15, 0.2) is 21.8 Å². The number of carboxylic acid groups (broad SMARTS) is 1. The molecular weight excluding hydrogens is 551 g/mol. The number of rotatable bonds is 7. The third-order valence-corrected chi connectivity index (χ3v) is 7.93. The zero-order chi connectivity index (χ0) is 27.5. The Morgan fingerprint density at radius 2 is 2.03 bits per heavy atom. The van der Waals surface area contributed by atoms with Crippen molar-refractivity contribution in [3.05, 3.63) is 22.3 Å². The molecule has 4 rings (SSSR count). The van der Waals surface area contributed by atoms with Gasteiger partial charge >= 0.3 is 5.97 Å². The minimum absolute atomic E-state index is 0.0496. The summed E-state index contributed by atoms with van der Waals surface area (Å²) in [5.41, 5.74) is 6.59. The molecule has 0 aliphatic carbocycles. The second kappa shape index (κ2) is 11.5. The standard InChI is InChI=1S/C19H24N6O5S2.H3O4P/c1-25(5-3-4-6-25)7-10-8-31-17-13(16(27)24(17)14(10)18(28)29)22-15(26)12(23-30-2)11-9-32-19(20)21-11;1-5(2,3)4/h9,13,17H,3-8H2,1-2H3,(H3-,20,21,22,26,28,29);(H3,1,2,3,4)/b23-12-;/t13?,17-;/m1./s1. The van der Waals surface area contributed by atoms with E-state index in [4.69, 9.17) is 29.8 Å². The zero-order valence-electron chi connectivity index (χ0n) is 19.9. The highest BCUT2D eigenvalue weighted by Crippen LogP contribution is 2.41. The number of oxime groups is 1. The molecule has 2 saturated heterocycles. The topological polar surface area (TPSA) is 228 Å². The number of anilines is 1. The van der Waals surface area contributed by atoms with Crippen molar-refractivity contribution < 1.29 is 48.1 Å². The van der Waals surface area contributed by atoms with Gasteiger partial charge in [0.15, 0.2) is 10.8 Å². The number of likely N-dealkylation sites (tertiary alicyclic amines) is 1. The molecule has 1 aromatic heterocycles. The maximum atomic E-state index is 12.9. The number of thiazole rings is 1. The van der Waals surface area contributed by atoms with E-state index in [1.54, 1.807) is 5.38 Å². The fourth-order valence-electron chi connectivity index (χ4n) is 4.42. The molecule has 18 heteroatoms. The molecule has 0 bridgehead atoms. The van der Waals surface area contributed by atoms with Gasteiger partial charge in [0, 0.05) is 29.5 Å². The molecule has 37 heavy (non-hydrogen) atoms. The first-order valence-corrected chi connectivity index (χ1v) is 14.3. The number of thioether (sulfide) groups is 1. The third-order valence-electron chi connectivity index (χ3n) is 5.92. The number of carboxylic acids is 1. The van der Waals surface area contributed by atoms with Crippen molar-refractivity contribution >= 4 is 59.5 Å². The van der Waals surface area contributed by atoms with Crippen LogP contribution in [0.2, 0.25) is 0 Å². The lowest BCUT2D eigenvalue weighted by Crippen LogP contribution is -2.71. The molecule has 1 aromatic rings. The van der Waals surface area contributed by atoms with Crippen molar-refractivity contribution in [3.8, 4) is 0 Å². The van der Waals surface area contributed by atoms with Crippen LogP contribution in [0.25, 0.3) is 0 Å². The Morgan fingerprint density at radius 1 is 1.41 bits per heavy atom. The number of hydrogen-bond acceptors (Lipinski definition) is 11. The Labute approximate surface area is 219 Å². The molecule has 0 saturated carbocycles. The highest BCUT2D eigenvalue weighted by Gasteiger charge is 2.55. The van der Waals surface area contributed by atoms with Gasteiger partial charge in [0.1, 0.15) is 36.5 Å². The van der Waals surface area contributed by atoms with Crippen molar-refractivity contribution in [3.63, 3.8) is 0 Å². The number of carbonyl (C=O) groups is 3. The summed E-state index contributed by atoms with van der Waals surface area (Å²) >= 11 is 2.61. The minimum Gasteiger partial charge on any atom is -0.756 e. The van der Waals surface area contributed by atoms with E-state index in [9.17, 15) is 19.5 Å². The second-order valence-corrected chi connectivity index (χ2v) is 11.7. The number of likely N-dealkylation sites (N-methyl/N-ethyl adjacent to an activating group) is 1. The second-order valence-electron chi connectivity index (χ2n) is 8.73. The predicted octanol–water partition coefficient (Wildman–Crippen LogP) is -1.51. The molecule has 2 atom stereocenters. The molecule has 6 N–H and O–H groups in total. The number of nitrogens with two attached hydrogens (primary N) is 1. The van der Waals surface area contributed by atoms with E-state index < -0.39 is 37.0 Å². The molecule has 2 fully saturated rings. The summed E-state index contributed by atoms with van der Waals surface area (Å²) in [6, 6.07) is -0.863. The minimum atomic E-state index is -4.89. The SMILES string of the molecule is CO/N=C(\C(=O)NC1C(=O)N2C(C(=O)O)=C(C[N+]3(C)CCCC3)CS[C@H]12)c1csc(N)n1.O=P([O-])(O)O. The van der Waals surface area contributed by atoms with Gasteiger partial charge in [-0.3, -0.25) is 19.1 Å². The van der Waals surface area contributed by atoms with Crippen LogP contribution in [0.3, 0.4) is 0 Å². The Morgan fingerprint density at radius 3 is 2.54 bits per heavy atom. The van der Waals surface area contributed by atoms with Gasteiger partial charge in [0.2, 0.25) is 0 Å². The summed E-state index contributed by atoms with van der Waals surface area (Å²) in [5, 5.41) is 17.6. The molecule has 0 spiro atoms. The van der Waals surface area contributed by atoms with E-state index in [2.05, 4.69) is 22.5 Å². The number of nitrogens with one attached hydrogen (secondary N) is 1. The molecule has 1 unspecified atom stereocenters. The average molecular weight is 579 g/mol. The van der Waals surface area contributed by atoms with Gasteiger partial charge in [-0.1, -0.05) is 5.16 Å². The number of fused-ring (bicyclic) bond motifs is 1. The van der Waals surface area contributed by atoms with Gasteiger partial charge in [-0.15, -0.1) is 23.1 Å². The van der Waals surface area contributed by atoms with Crippen LogP contribution in [-0.4, -0.2) is 104 Å². The lowest BCUT2D eigenvalue weighted by atomic mass is 10.0. The molecule has 204 valence electrons. The molecule has 2 amide bonds. The first-order chi connectivity index (χ1) is 17.2. The number of nitrogens with zero attached hydrogens (tertiary/aromatic N) is 4. The van der Waals surface area contributed by atoms with Gasteiger partial charge in [-0.05, 0) is 0 Å². The molecule has 15 nitrogen and oxygen atoms in total. The summed E-state index contributed by atoms with van der Waals surface area (Å²) < 4.78 is 9.56. The van der Waals surface area contributed by atoms with Crippen molar-refractivity contribution in [2.24, 2.45) is 5.16 Å². The molecule has 3 aliphatic rings. The van der Waals surface area contributed by atoms with E-state index in [1.807, 2.05) is 0 Å². The fraction of sp³-hybridized carbons (Fsp3) is 0.526. The highest BCUT2D eigenvalue weighted by atomic mass is 32.2. The maximum absolute atomic E-state index is 12.9. The molecular formula is C19H27N6O9PS2. The van der Waals surface area contributed by atoms with Crippen molar-refractivity contribution in [2.45, 2.75) is 24.3 Å². The van der Waals surface area contributed by atoms with Crippen LogP contribution in [-0.2, 0) is 23.8 Å². The quantitative estimate of drug-likeness (QED) is 0.0818. The lowest BCUT2D eigenvalue weighted by Gasteiger charge is -2.49. The number of amides is 2. The first-order valence-electron chi connectivity index (χ1n) is 10.9. The average Bonchev–Trinajstić information content (AvgIpc) is 3.42. The maximum Gasteiger partial charge on any atom is 0.352 e. The van der Waals surface area contributed by atoms with Gasteiger partial charge in [-0.2, -0.15) is 0 Å². The molecule has 3 aliphatic heterocycles. The normalized spacial score (nSPS) is 23.0. The highest BCUT2D eigenvalue weighted by molar-refractivity contribution is 8.00. The summed E-state index contributed by atoms with van der Waals surface area (Å²) in [5.74, 6) is -1.71. The molecule has 0 aromatic carbocycles. The Bertz CT molecular complexity index is 1170. The van der Waals surface area contributed by atoms with E-state index in [1.165, 1.54) is 23.8 Å². The van der Waals surface area contributed by atoms with E-state index in [-0.39, 0.29) is 22.2 Å². The zero-order valence-corrected chi connectivity index (χ0v) is 22.4. The van der Waals surface area contributed by atoms with Gasteiger partial charge in [0.25, 0.3) is 19.6 Å². The lowest BCUT2D eigenvalue weighted by molar-refractivity contribution is -0.893. The molecule has 0 radical (unpaired) electrons. The van der Waals surface area contributed by atoms with Crippen LogP contribution in [0, 0.1) is 0 Å². The van der Waals surface area contributed by atoms with Crippen LogP contribution in [0.1, 0.15) is 18.5 Å². The smallest absolute Gasteiger partial charge is 0.352 e. The van der Waals surface area contributed by atoms with Gasteiger partial charge in [0.05, 0.1) is 20.1 Å². The number of hydrogen-bond donors (Lipinski definition) is 5. The first kappa shape index (κ1) is 29.0. The summed E-state index contributed by atoms with van der Waals surface area (Å²) in [4.78, 5) is 70.8. The number of quaternary nitrogens is 1. The Kier molecular flexibility index (Phi) is 9.00. The fourth-order valence-corrected chi connectivity index (χ4v) is 6.31. The van der Waals surface area contributed by atoms with Crippen LogP contribution in [0.4, 0.5) is 5.13 Å². The summed E-state index contributed by atoms with van der Waals surface area (Å²) in [7, 11) is -1.47. The number of β-lactam (4-membered cyclic amide) rings is 1. The van der Waals surface area contributed by atoms with Crippen LogP contribution in [0.5, 0.6) is 0 Å². The summed E-state index contributed by atoms with van der Waals surface area (Å²) in [6.45, 7) is 2.61. The van der Waals surface area contributed by atoms with Crippen LogP contribution < -0.4 is 15.9 Å². The number of carbonyl (C=O) groups excluding carboxylic acids is 2. The van der Waals surface area contributed by atoms with Gasteiger partial charge in [-0.25, -0.2) is 9.78 Å². The Hall–Kier alpha value is -2.53. The van der Waals surface area contributed by atoms with E-state index in [0.29, 0.717) is 12.3 Å². The third kappa shape index (κ3) is 7.07. The van der Waals surface area contributed by atoms with E-state index in [0.717, 1.165) is 47.3 Å². The van der Waals surface area contributed by atoms with Gasteiger partial charge < -0.3 is 40.2 Å². The predicted molar refractivity (Wildman–Crippen MR) is 132 cm³/mol. The number of aromatic nitrogens is 1. The number of nitrogen functional groups attached to an aromatic ring is 1.